The second kappa shape index (κ2) is 9.63. The van der Waals surface area contributed by atoms with Crippen LogP contribution in [0.15, 0.2) is 31.0 Å². The second-order valence-electron chi connectivity index (χ2n) is 9.39. The van der Waals surface area contributed by atoms with Gasteiger partial charge in [0.25, 0.3) is 0 Å². The monoisotopic (exact) mass is 467 g/mol. The van der Waals surface area contributed by atoms with E-state index in [-0.39, 0.29) is 37.0 Å². The Kier molecular flexibility index (Phi) is 6.42. The number of aromatic nitrogens is 2. The van der Waals surface area contributed by atoms with Gasteiger partial charge < -0.3 is 25.0 Å². The molecular weight excluding hydrogens is 434 g/mol. The zero-order valence-electron chi connectivity index (χ0n) is 19.7. The number of methoxy groups -OCH3 is 1. The van der Waals surface area contributed by atoms with Crippen LogP contribution in [0.2, 0.25) is 0 Å². The van der Waals surface area contributed by atoms with Crippen LogP contribution in [0.4, 0.5) is 16.4 Å². The number of amides is 1. The van der Waals surface area contributed by atoms with Crippen LogP contribution >= 0.6 is 0 Å². The standard InChI is InChI=1S/C24H33N7O3/c1-4-7-34-24(32)31-16-5-6-17(31)10-15(9-16)26-23-19-11-18(33-3)13-25-20(19)12-21(28-23)27-22-8-14(2)29-30-22/h4,11-17,22,29-30H,1,5-10H2,2-3H3,(H2,26,27,28)/t14?,15?,16-,17+,22?. The van der Waals surface area contributed by atoms with Crippen LogP contribution in [0.5, 0.6) is 5.75 Å². The lowest BCUT2D eigenvalue weighted by molar-refractivity contribution is 0.0749. The lowest BCUT2D eigenvalue weighted by Crippen LogP contribution is -2.50. The number of ether oxygens (including phenoxy) is 2. The van der Waals surface area contributed by atoms with Crippen molar-refractivity contribution in [3.8, 4) is 5.75 Å². The Morgan fingerprint density at radius 3 is 2.71 bits per heavy atom. The third kappa shape index (κ3) is 4.60. The fourth-order valence-corrected chi connectivity index (χ4v) is 5.38. The second-order valence-corrected chi connectivity index (χ2v) is 9.39. The zero-order chi connectivity index (χ0) is 23.7. The molecule has 0 radical (unpaired) electrons. The van der Waals surface area contributed by atoms with Crippen molar-refractivity contribution in [2.75, 3.05) is 24.4 Å². The number of hydrogen-bond acceptors (Lipinski definition) is 9. The van der Waals surface area contributed by atoms with Gasteiger partial charge in [-0.15, -0.1) is 0 Å². The molecule has 5 rings (SSSR count). The summed E-state index contributed by atoms with van der Waals surface area (Å²) in [5.41, 5.74) is 7.32. The summed E-state index contributed by atoms with van der Waals surface area (Å²) in [4.78, 5) is 24.0. The summed E-state index contributed by atoms with van der Waals surface area (Å²) < 4.78 is 10.7. The van der Waals surface area contributed by atoms with E-state index in [4.69, 9.17) is 14.5 Å². The van der Waals surface area contributed by atoms with Gasteiger partial charge in [-0.05, 0) is 45.1 Å². The van der Waals surface area contributed by atoms with E-state index < -0.39 is 0 Å². The Bertz CT molecular complexity index is 1050. The first-order chi connectivity index (χ1) is 16.5. The van der Waals surface area contributed by atoms with Gasteiger partial charge in [-0.2, -0.15) is 0 Å². The third-order valence-electron chi connectivity index (χ3n) is 6.91. The summed E-state index contributed by atoms with van der Waals surface area (Å²) in [5.74, 6) is 2.22. The summed E-state index contributed by atoms with van der Waals surface area (Å²) >= 11 is 0. The molecule has 5 heterocycles. The van der Waals surface area contributed by atoms with Crippen molar-refractivity contribution < 1.29 is 14.3 Å². The number of anilines is 2. The number of piperidine rings is 1. The summed E-state index contributed by atoms with van der Waals surface area (Å²) in [7, 11) is 1.64. The van der Waals surface area contributed by atoms with E-state index in [0.29, 0.717) is 11.8 Å². The average Bonchev–Trinajstić information content (AvgIpc) is 3.36. The average molecular weight is 468 g/mol. The Hall–Kier alpha value is -3.11. The summed E-state index contributed by atoms with van der Waals surface area (Å²) in [6.07, 6.45) is 7.82. The predicted molar refractivity (Wildman–Crippen MR) is 131 cm³/mol. The highest BCUT2D eigenvalue weighted by Gasteiger charge is 2.44. The molecule has 34 heavy (non-hydrogen) atoms. The molecular formula is C24H33N7O3. The van der Waals surface area contributed by atoms with Crippen molar-refractivity contribution in [3.05, 3.63) is 31.0 Å². The SMILES string of the molecule is C=CCOC(=O)N1[C@@H]2CC[C@H]1CC(Nc1nc(NC3CC(C)NN3)cc3ncc(OC)cc13)C2. The topological polar surface area (TPSA) is 113 Å². The summed E-state index contributed by atoms with van der Waals surface area (Å²) in [6, 6.07) is 4.86. The summed E-state index contributed by atoms with van der Waals surface area (Å²) in [5, 5.41) is 8.06. The first-order valence-electron chi connectivity index (χ1n) is 12.0. The van der Waals surface area contributed by atoms with Crippen molar-refractivity contribution in [3.63, 3.8) is 0 Å². The van der Waals surface area contributed by atoms with Crippen LogP contribution in [0.3, 0.4) is 0 Å². The van der Waals surface area contributed by atoms with Gasteiger partial charge in [0.05, 0.1) is 25.0 Å². The van der Waals surface area contributed by atoms with Gasteiger partial charge in [0.2, 0.25) is 0 Å². The van der Waals surface area contributed by atoms with Gasteiger partial charge in [-0.3, -0.25) is 10.4 Å². The van der Waals surface area contributed by atoms with Gasteiger partial charge >= 0.3 is 6.09 Å². The number of fused-ring (bicyclic) bond motifs is 3. The highest BCUT2D eigenvalue weighted by atomic mass is 16.6. The Balaban J connectivity index is 1.37. The summed E-state index contributed by atoms with van der Waals surface area (Å²) in [6.45, 7) is 6.01. The minimum atomic E-state index is -0.235. The van der Waals surface area contributed by atoms with E-state index in [1.54, 1.807) is 19.4 Å². The molecule has 182 valence electrons. The van der Waals surface area contributed by atoms with E-state index in [2.05, 4.69) is 40.0 Å². The maximum absolute atomic E-state index is 12.5. The van der Waals surface area contributed by atoms with Crippen LogP contribution in [-0.2, 0) is 4.74 Å². The molecule has 2 bridgehead atoms. The minimum absolute atomic E-state index is 0.0895. The highest BCUT2D eigenvalue weighted by Crippen LogP contribution is 2.38. The number of nitrogens with one attached hydrogen (secondary N) is 4. The molecule has 3 unspecified atom stereocenters. The normalized spacial score (nSPS) is 28.1. The van der Waals surface area contributed by atoms with Crippen molar-refractivity contribution in [2.24, 2.45) is 0 Å². The molecule has 0 aromatic carbocycles. The molecule has 3 saturated heterocycles. The van der Waals surface area contributed by atoms with E-state index >= 15 is 0 Å². The largest absolute Gasteiger partial charge is 0.495 e. The molecule has 2 aromatic rings. The number of hydrazine groups is 1. The molecule has 3 fully saturated rings. The van der Waals surface area contributed by atoms with Crippen molar-refractivity contribution in [1.29, 1.82) is 0 Å². The van der Waals surface area contributed by atoms with E-state index in [9.17, 15) is 4.79 Å². The van der Waals surface area contributed by atoms with Crippen molar-refractivity contribution in [1.82, 2.24) is 25.7 Å². The van der Waals surface area contributed by atoms with Crippen molar-refractivity contribution >= 4 is 28.6 Å². The fraction of sp³-hybridized carbons (Fsp3) is 0.542. The molecule has 10 heteroatoms. The molecule has 4 N–H and O–H groups in total. The maximum atomic E-state index is 12.5. The van der Waals surface area contributed by atoms with E-state index in [0.717, 1.165) is 54.6 Å². The molecule has 0 spiro atoms. The molecule has 10 nitrogen and oxygen atoms in total. The highest BCUT2D eigenvalue weighted by molar-refractivity contribution is 5.92. The van der Waals surface area contributed by atoms with Gasteiger partial charge in [-0.1, -0.05) is 12.7 Å². The van der Waals surface area contributed by atoms with E-state index in [1.807, 2.05) is 17.0 Å². The predicted octanol–water partition coefficient (Wildman–Crippen LogP) is 2.99. The molecule has 5 atom stereocenters. The van der Waals surface area contributed by atoms with Gasteiger partial charge in [0, 0.05) is 35.6 Å². The number of rotatable bonds is 7. The lowest BCUT2D eigenvalue weighted by Gasteiger charge is -2.38. The Morgan fingerprint density at radius 2 is 2.03 bits per heavy atom. The first kappa shape index (κ1) is 22.7. The number of carbonyl (C=O) groups is 1. The smallest absolute Gasteiger partial charge is 0.410 e. The van der Waals surface area contributed by atoms with Gasteiger partial charge in [-0.25, -0.2) is 15.2 Å². The van der Waals surface area contributed by atoms with Gasteiger partial charge in [0.1, 0.15) is 24.0 Å². The Morgan fingerprint density at radius 1 is 1.24 bits per heavy atom. The fourth-order valence-electron chi connectivity index (χ4n) is 5.38. The van der Waals surface area contributed by atoms with Crippen LogP contribution in [-0.4, -0.2) is 65.0 Å². The Labute approximate surface area is 199 Å². The minimum Gasteiger partial charge on any atom is -0.495 e. The van der Waals surface area contributed by atoms with Crippen molar-refractivity contribution in [2.45, 2.75) is 69.4 Å². The molecule has 1 amide bonds. The molecule has 0 saturated carbocycles. The van der Waals surface area contributed by atoms with Crippen LogP contribution in [0.25, 0.3) is 10.9 Å². The van der Waals surface area contributed by atoms with Crippen LogP contribution in [0, 0.1) is 0 Å². The molecule has 3 aliphatic heterocycles. The van der Waals surface area contributed by atoms with Crippen LogP contribution < -0.4 is 26.2 Å². The van der Waals surface area contributed by atoms with Gasteiger partial charge in [0.15, 0.2) is 0 Å². The quantitative estimate of drug-likeness (QED) is 0.457. The number of nitrogens with zero attached hydrogens (tertiary/aromatic N) is 3. The molecule has 0 aliphatic carbocycles. The third-order valence-corrected chi connectivity index (χ3v) is 6.91. The number of hydrogen-bond donors (Lipinski definition) is 4. The van der Waals surface area contributed by atoms with E-state index in [1.165, 1.54) is 0 Å². The zero-order valence-corrected chi connectivity index (χ0v) is 19.7. The van der Waals surface area contributed by atoms with Crippen LogP contribution in [0.1, 0.15) is 39.0 Å². The molecule has 2 aromatic heterocycles. The maximum Gasteiger partial charge on any atom is 0.410 e. The first-order valence-corrected chi connectivity index (χ1v) is 12.0. The number of pyridine rings is 2. The molecule has 3 aliphatic rings. The number of carbonyl (C=O) groups excluding carboxylic acids is 1. The lowest BCUT2D eigenvalue weighted by atomic mass is 9.97.